The highest BCUT2D eigenvalue weighted by molar-refractivity contribution is 5.76. The molecule has 3 aromatic heterocycles. The molecule has 1 amide bonds. The van der Waals surface area contributed by atoms with Crippen LogP contribution in [0.2, 0.25) is 0 Å². The second-order valence-electron chi connectivity index (χ2n) is 8.95. The zero-order chi connectivity index (χ0) is 23.6. The van der Waals surface area contributed by atoms with Crippen LogP contribution in [0.5, 0.6) is 5.88 Å². The highest BCUT2D eigenvalue weighted by Gasteiger charge is 2.29. The molecule has 4 heterocycles. The van der Waals surface area contributed by atoms with Gasteiger partial charge in [0.1, 0.15) is 5.60 Å². The molecule has 1 aliphatic rings. The molecule has 1 aliphatic heterocycles. The summed E-state index contributed by atoms with van der Waals surface area (Å²) in [5.74, 6) is -0.440. The summed E-state index contributed by atoms with van der Waals surface area (Å²) in [7, 11) is 0. The molecular weight excluding hydrogens is 427 g/mol. The van der Waals surface area contributed by atoms with Crippen molar-refractivity contribution in [2.75, 3.05) is 25.0 Å². The molecule has 1 atom stereocenters. The predicted molar refractivity (Wildman–Crippen MR) is 122 cm³/mol. The molecule has 0 saturated carbocycles. The average Bonchev–Trinajstić information content (AvgIpc) is 3.20. The third-order valence-corrected chi connectivity index (χ3v) is 5.18. The smallest absolute Gasteiger partial charge is 0.410 e. The number of anilines is 1. The minimum absolute atomic E-state index is 0.0368. The number of ether oxygens (including phenoxy) is 2. The van der Waals surface area contributed by atoms with Crippen LogP contribution >= 0.6 is 0 Å². The van der Waals surface area contributed by atoms with E-state index in [1.807, 2.05) is 45.2 Å². The van der Waals surface area contributed by atoms with Crippen molar-refractivity contribution in [1.82, 2.24) is 24.5 Å². The fourth-order valence-corrected chi connectivity index (χ4v) is 3.76. The monoisotopic (exact) mass is 456 g/mol. The fraction of sp³-hybridized carbons (Fsp3) is 0.478. The molecule has 33 heavy (non-hydrogen) atoms. The molecule has 9 nitrogen and oxygen atoms in total. The molecule has 0 aromatic carbocycles. The quantitative estimate of drug-likeness (QED) is 0.617. The van der Waals surface area contributed by atoms with E-state index in [4.69, 9.17) is 9.47 Å². The average molecular weight is 457 g/mol. The Kier molecular flexibility index (Phi) is 6.35. The van der Waals surface area contributed by atoms with E-state index >= 15 is 4.39 Å². The third-order valence-electron chi connectivity index (χ3n) is 5.18. The number of hydrogen-bond donors (Lipinski definition) is 1. The normalized spacial score (nSPS) is 16.6. The molecule has 1 saturated heterocycles. The highest BCUT2D eigenvalue weighted by Crippen LogP contribution is 2.29. The maximum absolute atomic E-state index is 15.2. The molecule has 0 bridgehead atoms. The number of halogens is 1. The van der Waals surface area contributed by atoms with Gasteiger partial charge in [-0.05, 0) is 52.7 Å². The molecule has 0 spiro atoms. The van der Waals surface area contributed by atoms with Gasteiger partial charge < -0.3 is 19.7 Å². The van der Waals surface area contributed by atoms with E-state index in [0.29, 0.717) is 24.5 Å². The maximum Gasteiger partial charge on any atom is 0.410 e. The van der Waals surface area contributed by atoms with Crippen molar-refractivity contribution in [3.8, 4) is 17.3 Å². The topological polar surface area (TPSA) is 93.9 Å². The Morgan fingerprint density at radius 2 is 2.12 bits per heavy atom. The number of amides is 1. The van der Waals surface area contributed by atoms with Gasteiger partial charge in [0.15, 0.2) is 11.6 Å². The highest BCUT2D eigenvalue weighted by atomic mass is 19.1. The van der Waals surface area contributed by atoms with Gasteiger partial charge in [-0.25, -0.2) is 14.3 Å². The van der Waals surface area contributed by atoms with Crippen molar-refractivity contribution in [3.05, 3.63) is 36.4 Å². The molecule has 10 heteroatoms. The van der Waals surface area contributed by atoms with Crippen molar-refractivity contribution in [2.45, 2.75) is 52.2 Å². The molecule has 1 N–H and O–H groups in total. The summed E-state index contributed by atoms with van der Waals surface area (Å²) in [6.07, 6.45) is 4.62. The van der Waals surface area contributed by atoms with Crippen molar-refractivity contribution in [3.63, 3.8) is 0 Å². The van der Waals surface area contributed by atoms with Crippen LogP contribution in [0.15, 0.2) is 30.6 Å². The molecule has 4 rings (SSSR count). The first-order valence-corrected chi connectivity index (χ1v) is 11.1. The molecular formula is C23H29FN6O3. The lowest BCUT2D eigenvalue weighted by atomic mass is 10.1. The molecule has 0 unspecified atom stereocenters. The summed E-state index contributed by atoms with van der Waals surface area (Å²) in [6.45, 7) is 8.50. The largest absolute Gasteiger partial charge is 0.476 e. The van der Waals surface area contributed by atoms with E-state index < -0.39 is 11.4 Å². The zero-order valence-corrected chi connectivity index (χ0v) is 19.3. The van der Waals surface area contributed by atoms with Crippen LogP contribution in [-0.2, 0) is 4.74 Å². The van der Waals surface area contributed by atoms with Crippen molar-refractivity contribution < 1.29 is 18.7 Å². The summed E-state index contributed by atoms with van der Waals surface area (Å²) in [6, 6.07) is 5.46. The van der Waals surface area contributed by atoms with Crippen LogP contribution in [0.4, 0.5) is 15.0 Å². The summed E-state index contributed by atoms with van der Waals surface area (Å²) in [5.41, 5.74) is 0.885. The first-order chi connectivity index (χ1) is 15.7. The Labute approximate surface area is 191 Å². The van der Waals surface area contributed by atoms with Gasteiger partial charge in [0.25, 0.3) is 5.88 Å². The number of pyridine rings is 1. The SMILES string of the molecule is CCOc1nc(-c2cnn3ccccc23)nc(N[C@@H]2CCCN(C(=O)OC(C)(C)C)C2)c1F. The lowest BCUT2D eigenvalue weighted by Crippen LogP contribution is -2.47. The fourth-order valence-electron chi connectivity index (χ4n) is 3.76. The van der Waals surface area contributed by atoms with Gasteiger partial charge in [-0.2, -0.15) is 14.5 Å². The van der Waals surface area contributed by atoms with Crippen LogP contribution < -0.4 is 10.1 Å². The van der Waals surface area contributed by atoms with E-state index in [2.05, 4.69) is 20.4 Å². The van der Waals surface area contributed by atoms with Gasteiger partial charge in [0, 0.05) is 25.3 Å². The Hall–Kier alpha value is -3.43. The Balaban J connectivity index is 1.61. The van der Waals surface area contributed by atoms with E-state index in [0.717, 1.165) is 18.4 Å². The second-order valence-corrected chi connectivity index (χ2v) is 8.95. The summed E-state index contributed by atoms with van der Waals surface area (Å²) >= 11 is 0. The van der Waals surface area contributed by atoms with Gasteiger partial charge in [-0.3, -0.25) is 0 Å². The molecule has 0 radical (unpaired) electrons. The standard InChI is InChI=1S/C23H29FN6O3/c1-5-32-21-18(24)20(26-15-9-8-11-29(14-15)22(31)33-23(2,3)4)27-19(28-21)16-13-25-30-12-7-6-10-17(16)30/h6-7,10,12-13,15H,5,8-9,11,14H2,1-4H3,(H,26,27,28)/t15-/m1/s1. The van der Waals surface area contributed by atoms with E-state index in [-0.39, 0.29) is 30.4 Å². The van der Waals surface area contributed by atoms with Crippen LogP contribution in [0, 0.1) is 5.82 Å². The number of fused-ring (bicyclic) bond motifs is 1. The molecule has 3 aromatic rings. The van der Waals surface area contributed by atoms with Crippen molar-refractivity contribution >= 4 is 17.4 Å². The Bertz CT molecular complexity index is 1140. The maximum atomic E-state index is 15.2. The first kappa shape index (κ1) is 22.8. The molecule has 0 aliphatic carbocycles. The van der Waals surface area contributed by atoms with Gasteiger partial charge in [0.2, 0.25) is 5.82 Å². The van der Waals surface area contributed by atoms with Crippen molar-refractivity contribution in [2.24, 2.45) is 0 Å². The van der Waals surface area contributed by atoms with E-state index in [9.17, 15) is 4.79 Å². The Morgan fingerprint density at radius 3 is 2.88 bits per heavy atom. The van der Waals surface area contributed by atoms with Gasteiger partial charge >= 0.3 is 6.09 Å². The number of aromatic nitrogens is 4. The number of hydrogen-bond acceptors (Lipinski definition) is 7. The number of carbonyl (C=O) groups is 1. The lowest BCUT2D eigenvalue weighted by Gasteiger charge is -2.34. The predicted octanol–water partition coefficient (Wildman–Crippen LogP) is 4.14. The van der Waals surface area contributed by atoms with E-state index in [1.54, 1.807) is 22.5 Å². The first-order valence-electron chi connectivity index (χ1n) is 11.1. The third kappa shape index (κ3) is 5.15. The molecule has 176 valence electrons. The van der Waals surface area contributed by atoms with Gasteiger partial charge in [-0.1, -0.05) is 6.07 Å². The van der Waals surface area contributed by atoms with Crippen LogP contribution in [-0.4, -0.2) is 61.9 Å². The minimum Gasteiger partial charge on any atom is -0.476 e. The van der Waals surface area contributed by atoms with Gasteiger partial charge in [0.05, 0.1) is 23.9 Å². The summed E-state index contributed by atoms with van der Waals surface area (Å²) in [4.78, 5) is 22.9. The number of rotatable bonds is 5. The van der Waals surface area contributed by atoms with Crippen LogP contribution in [0.1, 0.15) is 40.5 Å². The number of nitrogens with zero attached hydrogens (tertiary/aromatic N) is 5. The van der Waals surface area contributed by atoms with E-state index in [1.165, 1.54) is 0 Å². The Morgan fingerprint density at radius 1 is 1.30 bits per heavy atom. The summed E-state index contributed by atoms with van der Waals surface area (Å²) in [5, 5.41) is 7.48. The van der Waals surface area contributed by atoms with Crippen LogP contribution in [0.3, 0.4) is 0 Å². The number of piperidine rings is 1. The lowest BCUT2D eigenvalue weighted by molar-refractivity contribution is 0.0206. The number of likely N-dealkylation sites (tertiary alicyclic amines) is 1. The number of carbonyl (C=O) groups excluding carboxylic acids is 1. The zero-order valence-electron chi connectivity index (χ0n) is 19.3. The van der Waals surface area contributed by atoms with Gasteiger partial charge in [-0.15, -0.1) is 0 Å². The minimum atomic E-state index is -0.661. The van der Waals surface area contributed by atoms with Crippen molar-refractivity contribution in [1.29, 1.82) is 0 Å². The summed E-state index contributed by atoms with van der Waals surface area (Å²) < 4.78 is 27.8. The van der Waals surface area contributed by atoms with Crippen LogP contribution in [0.25, 0.3) is 16.9 Å². The second kappa shape index (κ2) is 9.21. The number of nitrogens with one attached hydrogen (secondary N) is 1. The molecule has 1 fully saturated rings.